The first-order valence-electron chi connectivity index (χ1n) is 5.56. The van der Waals surface area contributed by atoms with Gasteiger partial charge in [0.15, 0.2) is 0 Å². The second-order valence-corrected chi connectivity index (χ2v) is 5.11. The zero-order chi connectivity index (χ0) is 13.1. The Hall–Kier alpha value is -0.870. The van der Waals surface area contributed by atoms with Crippen LogP contribution < -0.4 is 11.5 Å². The Labute approximate surface area is 98.0 Å². The minimum Gasteiger partial charge on any atom is -0.428 e. The molecule has 0 atom stereocenters. The van der Waals surface area contributed by atoms with Crippen molar-refractivity contribution in [2.24, 2.45) is 29.2 Å². The highest BCUT2D eigenvalue weighted by Crippen LogP contribution is 2.28. The minimum absolute atomic E-state index is 0.0786. The Morgan fingerprint density at radius 1 is 1.19 bits per heavy atom. The summed E-state index contributed by atoms with van der Waals surface area (Å²) in [5, 5.41) is 0. The topological polar surface area (TPSA) is 78.3 Å². The van der Waals surface area contributed by atoms with Crippen LogP contribution >= 0.6 is 0 Å². The smallest absolute Gasteiger partial charge is 0.336 e. The van der Waals surface area contributed by atoms with Crippen molar-refractivity contribution in [3.05, 3.63) is 12.2 Å². The van der Waals surface area contributed by atoms with E-state index in [9.17, 15) is 4.79 Å². The van der Waals surface area contributed by atoms with Crippen LogP contribution in [0.4, 0.5) is 0 Å². The quantitative estimate of drug-likeness (QED) is 0.425. The van der Waals surface area contributed by atoms with Gasteiger partial charge in [-0.3, -0.25) is 11.5 Å². The van der Waals surface area contributed by atoms with Crippen LogP contribution in [0.3, 0.4) is 0 Å². The van der Waals surface area contributed by atoms with Gasteiger partial charge in [0.25, 0.3) is 0 Å². The number of hydrogen-bond acceptors (Lipinski definition) is 4. The summed E-state index contributed by atoms with van der Waals surface area (Å²) in [6.45, 7) is 13.4. The Balaban J connectivity index is 4.70. The van der Waals surface area contributed by atoms with Crippen molar-refractivity contribution >= 4 is 5.97 Å². The van der Waals surface area contributed by atoms with E-state index >= 15 is 0 Å². The van der Waals surface area contributed by atoms with Gasteiger partial charge < -0.3 is 4.74 Å². The molecule has 0 fully saturated rings. The molecular formula is C12H24N2O2. The number of nitrogens with two attached hydrogens (primary N) is 2. The summed E-state index contributed by atoms with van der Waals surface area (Å²) in [4.78, 5) is 11.7. The van der Waals surface area contributed by atoms with E-state index in [2.05, 4.69) is 6.58 Å². The van der Waals surface area contributed by atoms with Crippen LogP contribution in [-0.2, 0) is 9.53 Å². The van der Waals surface area contributed by atoms with E-state index < -0.39 is 11.8 Å². The molecule has 4 heteroatoms. The number of carbonyl (C=O) groups is 1. The monoisotopic (exact) mass is 228 g/mol. The lowest BCUT2D eigenvalue weighted by Crippen LogP contribution is -2.50. The van der Waals surface area contributed by atoms with Crippen molar-refractivity contribution in [3.63, 3.8) is 0 Å². The average Bonchev–Trinajstić information content (AvgIpc) is 1.98. The van der Waals surface area contributed by atoms with Crippen LogP contribution in [0.15, 0.2) is 12.2 Å². The van der Waals surface area contributed by atoms with Crippen molar-refractivity contribution in [1.82, 2.24) is 0 Å². The zero-order valence-electron chi connectivity index (χ0n) is 10.9. The number of rotatable bonds is 5. The van der Waals surface area contributed by atoms with Crippen molar-refractivity contribution < 1.29 is 9.53 Å². The molecule has 4 nitrogen and oxygen atoms in total. The molecule has 0 radical (unpaired) electrons. The third kappa shape index (κ3) is 4.77. The Morgan fingerprint density at radius 2 is 1.56 bits per heavy atom. The molecule has 4 N–H and O–H groups in total. The molecule has 0 rings (SSSR count). The second-order valence-electron chi connectivity index (χ2n) is 5.11. The molecule has 0 aliphatic heterocycles. The van der Waals surface area contributed by atoms with Crippen LogP contribution in [0, 0.1) is 17.8 Å². The zero-order valence-corrected chi connectivity index (χ0v) is 10.9. The van der Waals surface area contributed by atoms with Crippen LogP contribution in [0.5, 0.6) is 0 Å². The SMILES string of the molecule is C=C(C(=O)OC(C)(N)N)C(C(C)C)C(C)C. The number of esters is 1. The summed E-state index contributed by atoms with van der Waals surface area (Å²) >= 11 is 0. The predicted molar refractivity (Wildman–Crippen MR) is 65.2 cm³/mol. The molecular weight excluding hydrogens is 204 g/mol. The lowest BCUT2D eigenvalue weighted by atomic mass is 9.80. The lowest BCUT2D eigenvalue weighted by molar-refractivity contribution is -0.153. The van der Waals surface area contributed by atoms with E-state index in [-0.39, 0.29) is 5.92 Å². The molecule has 0 heterocycles. The van der Waals surface area contributed by atoms with Crippen molar-refractivity contribution in [2.75, 3.05) is 0 Å². The number of hydrogen-bond donors (Lipinski definition) is 2. The van der Waals surface area contributed by atoms with Gasteiger partial charge in [0.2, 0.25) is 5.85 Å². The van der Waals surface area contributed by atoms with Crippen molar-refractivity contribution in [2.45, 2.75) is 40.5 Å². The molecule has 0 unspecified atom stereocenters. The average molecular weight is 228 g/mol. The normalized spacial score (nSPS) is 12.4. The highest BCUT2D eigenvalue weighted by atomic mass is 16.6. The molecule has 16 heavy (non-hydrogen) atoms. The van der Waals surface area contributed by atoms with Crippen molar-refractivity contribution in [3.8, 4) is 0 Å². The molecule has 0 aromatic carbocycles. The van der Waals surface area contributed by atoms with Crippen LogP contribution in [-0.4, -0.2) is 11.8 Å². The van der Waals surface area contributed by atoms with Gasteiger partial charge in [-0.15, -0.1) is 0 Å². The van der Waals surface area contributed by atoms with Crippen LogP contribution in [0.1, 0.15) is 34.6 Å². The molecule has 94 valence electrons. The fourth-order valence-electron chi connectivity index (χ4n) is 1.98. The summed E-state index contributed by atoms with van der Waals surface area (Å²) < 4.78 is 4.90. The maximum atomic E-state index is 11.7. The second kappa shape index (κ2) is 5.46. The molecule has 0 spiro atoms. The maximum Gasteiger partial charge on any atom is 0.336 e. The molecule has 0 aliphatic rings. The van der Waals surface area contributed by atoms with Gasteiger partial charge in [-0.2, -0.15) is 0 Å². The van der Waals surface area contributed by atoms with Gasteiger partial charge >= 0.3 is 5.97 Å². The number of carbonyl (C=O) groups excluding carboxylic acids is 1. The van der Waals surface area contributed by atoms with E-state index in [0.29, 0.717) is 17.4 Å². The summed E-state index contributed by atoms with van der Waals surface area (Å²) in [7, 11) is 0. The van der Waals surface area contributed by atoms with E-state index in [1.165, 1.54) is 6.92 Å². The summed E-state index contributed by atoms with van der Waals surface area (Å²) in [5.41, 5.74) is 11.3. The van der Waals surface area contributed by atoms with E-state index in [4.69, 9.17) is 16.2 Å². The molecule has 0 amide bonds. The minimum atomic E-state index is -1.45. The Kier molecular flexibility index (Phi) is 5.16. The predicted octanol–water partition coefficient (Wildman–Crippen LogP) is 1.61. The van der Waals surface area contributed by atoms with Gasteiger partial charge in [-0.25, -0.2) is 4.79 Å². The molecule has 0 bridgehead atoms. The highest BCUT2D eigenvalue weighted by Gasteiger charge is 2.28. The molecule has 0 aliphatic carbocycles. The van der Waals surface area contributed by atoms with Crippen LogP contribution in [0.2, 0.25) is 0 Å². The van der Waals surface area contributed by atoms with Gasteiger partial charge in [0.1, 0.15) is 0 Å². The molecule has 0 aromatic heterocycles. The Bertz CT molecular complexity index is 257. The Morgan fingerprint density at radius 3 is 1.81 bits per heavy atom. The third-order valence-electron chi connectivity index (χ3n) is 2.41. The van der Waals surface area contributed by atoms with Gasteiger partial charge in [0.05, 0.1) is 0 Å². The highest BCUT2D eigenvalue weighted by molar-refractivity contribution is 5.88. The number of ether oxygens (including phenoxy) is 1. The maximum absolute atomic E-state index is 11.7. The summed E-state index contributed by atoms with van der Waals surface area (Å²) in [6.07, 6.45) is 0. The standard InChI is InChI=1S/C12H24N2O2/c1-7(2)10(8(3)4)9(5)11(15)16-12(6,13)14/h7-8,10H,5,13-14H2,1-4,6H3. The van der Waals surface area contributed by atoms with Crippen molar-refractivity contribution in [1.29, 1.82) is 0 Å². The lowest BCUT2D eigenvalue weighted by Gasteiger charge is -2.28. The fraction of sp³-hybridized carbons (Fsp3) is 0.750. The first kappa shape index (κ1) is 15.1. The van der Waals surface area contributed by atoms with Gasteiger partial charge in [-0.05, 0) is 17.8 Å². The third-order valence-corrected chi connectivity index (χ3v) is 2.41. The fourth-order valence-corrected chi connectivity index (χ4v) is 1.98. The van der Waals surface area contributed by atoms with E-state index in [0.717, 1.165) is 0 Å². The molecule has 0 saturated carbocycles. The van der Waals surface area contributed by atoms with Crippen LogP contribution in [0.25, 0.3) is 0 Å². The summed E-state index contributed by atoms with van der Waals surface area (Å²) in [5.74, 6) is -1.24. The van der Waals surface area contributed by atoms with E-state index in [1.807, 2.05) is 27.7 Å². The molecule has 0 saturated heterocycles. The summed E-state index contributed by atoms with van der Waals surface area (Å²) in [6, 6.07) is 0. The van der Waals surface area contributed by atoms with E-state index in [1.54, 1.807) is 0 Å². The largest absolute Gasteiger partial charge is 0.428 e. The first-order valence-corrected chi connectivity index (χ1v) is 5.56. The first-order chi connectivity index (χ1) is 7.06. The molecule has 0 aromatic rings. The van der Waals surface area contributed by atoms with Gasteiger partial charge in [0, 0.05) is 12.5 Å². The van der Waals surface area contributed by atoms with Gasteiger partial charge in [-0.1, -0.05) is 34.3 Å².